The van der Waals surface area contributed by atoms with Gasteiger partial charge in [0.1, 0.15) is 12.6 Å². The van der Waals surface area contributed by atoms with E-state index in [1.165, 1.54) is 64.2 Å². The van der Waals surface area contributed by atoms with Gasteiger partial charge >= 0.3 is 25.7 Å². The van der Waals surface area contributed by atoms with Gasteiger partial charge in [-0.25, -0.2) is 4.57 Å². The lowest BCUT2D eigenvalue weighted by molar-refractivity contribution is -0.161. The molecule has 0 bridgehead atoms. The highest BCUT2D eigenvalue weighted by Crippen LogP contribution is 2.43. The number of rotatable bonds is 38. The molecule has 0 aliphatic rings. The third-order valence-corrected chi connectivity index (χ3v) is 9.60. The number of carboxylic acids is 1. The van der Waals surface area contributed by atoms with E-state index in [1.807, 2.05) is 0 Å². The zero-order valence-electron chi connectivity index (χ0n) is 33.1. The zero-order valence-corrected chi connectivity index (χ0v) is 34.0. The van der Waals surface area contributed by atoms with E-state index in [4.69, 9.17) is 24.8 Å². The Morgan fingerprint density at radius 2 is 1.06 bits per heavy atom. The lowest BCUT2D eigenvalue weighted by atomic mass is 10.0. The van der Waals surface area contributed by atoms with Crippen molar-refractivity contribution in [3.63, 3.8) is 0 Å². The van der Waals surface area contributed by atoms with Crippen LogP contribution in [0.25, 0.3) is 0 Å². The monoisotopic (exact) mass is 772 g/mol. The Labute approximate surface area is 321 Å². The molecule has 0 heterocycles. The van der Waals surface area contributed by atoms with E-state index in [0.29, 0.717) is 12.8 Å². The second kappa shape index (κ2) is 36.7. The minimum Gasteiger partial charge on any atom is -0.480 e. The van der Waals surface area contributed by atoms with Crippen molar-refractivity contribution in [2.75, 3.05) is 19.8 Å². The van der Waals surface area contributed by atoms with Gasteiger partial charge in [-0.1, -0.05) is 153 Å². The first-order valence-electron chi connectivity index (χ1n) is 20.5. The molecule has 4 N–H and O–H groups in total. The number of unbranched alkanes of at least 4 members (excludes halogenated alkanes) is 18. The largest absolute Gasteiger partial charge is 0.480 e. The van der Waals surface area contributed by atoms with Gasteiger partial charge in [0.2, 0.25) is 0 Å². The number of phosphoric ester groups is 1. The number of allylic oxidation sites excluding steroid dienone is 6. The van der Waals surface area contributed by atoms with E-state index in [-0.39, 0.29) is 19.4 Å². The number of carbonyl (C=O) groups is 3. The molecule has 0 aliphatic carbocycles. The van der Waals surface area contributed by atoms with Gasteiger partial charge in [-0.2, -0.15) is 0 Å². The third kappa shape index (κ3) is 36.4. The molecule has 12 heteroatoms. The van der Waals surface area contributed by atoms with Crippen molar-refractivity contribution in [2.24, 2.45) is 5.73 Å². The number of aliphatic carboxylic acids is 1. The van der Waals surface area contributed by atoms with Gasteiger partial charge < -0.3 is 25.2 Å². The molecule has 0 aromatic heterocycles. The molecule has 0 amide bonds. The van der Waals surface area contributed by atoms with Crippen LogP contribution in [-0.2, 0) is 37.5 Å². The summed E-state index contributed by atoms with van der Waals surface area (Å²) in [6.07, 6.45) is 37.8. The van der Waals surface area contributed by atoms with Gasteiger partial charge in [0, 0.05) is 12.8 Å². The topological polar surface area (TPSA) is 172 Å². The fraction of sp³-hybridized carbons (Fsp3) is 0.780. The minimum absolute atomic E-state index is 0.160. The van der Waals surface area contributed by atoms with Crippen LogP contribution in [0, 0.1) is 0 Å². The molecule has 0 radical (unpaired) electrons. The number of hydrogen-bond donors (Lipinski definition) is 3. The molecular formula is C41H74NO10P. The number of esters is 2. The predicted octanol–water partition coefficient (Wildman–Crippen LogP) is 10.4. The summed E-state index contributed by atoms with van der Waals surface area (Å²) in [5.41, 5.74) is 5.32. The Morgan fingerprint density at radius 1 is 0.604 bits per heavy atom. The van der Waals surface area contributed by atoms with Crippen LogP contribution in [0.2, 0.25) is 0 Å². The number of ether oxygens (including phenoxy) is 2. The summed E-state index contributed by atoms with van der Waals surface area (Å²) < 4.78 is 32.6. The van der Waals surface area contributed by atoms with Crippen LogP contribution in [0.4, 0.5) is 0 Å². The molecule has 0 rings (SSSR count). The maximum absolute atomic E-state index is 12.6. The number of carboxylic acid groups (broad SMARTS) is 1. The molecule has 0 aromatic carbocycles. The van der Waals surface area contributed by atoms with Gasteiger partial charge in [0.05, 0.1) is 13.2 Å². The average molecular weight is 772 g/mol. The number of carbonyl (C=O) groups excluding carboxylic acids is 2. The Kier molecular flexibility index (Phi) is 35.1. The Hall–Kier alpha value is -2.30. The van der Waals surface area contributed by atoms with Gasteiger partial charge in [-0.15, -0.1) is 0 Å². The van der Waals surface area contributed by atoms with Crippen molar-refractivity contribution in [1.29, 1.82) is 0 Å². The van der Waals surface area contributed by atoms with E-state index >= 15 is 0 Å². The molecule has 1 unspecified atom stereocenters. The summed E-state index contributed by atoms with van der Waals surface area (Å²) >= 11 is 0. The van der Waals surface area contributed by atoms with E-state index in [0.717, 1.165) is 70.6 Å². The van der Waals surface area contributed by atoms with Gasteiger partial charge in [-0.05, 0) is 44.9 Å². The summed E-state index contributed by atoms with van der Waals surface area (Å²) in [5.74, 6) is -2.40. The van der Waals surface area contributed by atoms with Crippen LogP contribution in [0.3, 0.4) is 0 Å². The van der Waals surface area contributed by atoms with Crippen LogP contribution < -0.4 is 5.73 Å². The summed E-state index contributed by atoms with van der Waals surface area (Å²) in [6, 6.07) is -1.52. The smallest absolute Gasteiger partial charge is 0.472 e. The molecular weight excluding hydrogens is 697 g/mol. The van der Waals surface area contributed by atoms with Crippen LogP contribution in [0.5, 0.6) is 0 Å². The number of hydrogen-bond acceptors (Lipinski definition) is 9. The quantitative estimate of drug-likeness (QED) is 0.0236. The summed E-state index contributed by atoms with van der Waals surface area (Å²) in [5, 5.41) is 8.87. The summed E-state index contributed by atoms with van der Waals surface area (Å²) in [4.78, 5) is 45.8. The lowest BCUT2D eigenvalue weighted by Crippen LogP contribution is -2.34. The highest BCUT2D eigenvalue weighted by atomic mass is 31.2. The molecule has 0 aliphatic heterocycles. The van der Waals surface area contributed by atoms with Crippen LogP contribution >= 0.6 is 7.82 Å². The van der Waals surface area contributed by atoms with Gasteiger partial charge in [0.25, 0.3) is 0 Å². The van der Waals surface area contributed by atoms with E-state index in [1.54, 1.807) is 0 Å². The zero-order chi connectivity index (χ0) is 39.3. The molecule has 0 saturated carbocycles. The van der Waals surface area contributed by atoms with Crippen LogP contribution in [0.1, 0.15) is 174 Å². The van der Waals surface area contributed by atoms with Crippen molar-refractivity contribution in [3.05, 3.63) is 36.5 Å². The van der Waals surface area contributed by atoms with Gasteiger partial charge in [-0.3, -0.25) is 23.4 Å². The second-order valence-electron chi connectivity index (χ2n) is 13.7. The molecule has 0 aromatic rings. The lowest BCUT2D eigenvalue weighted by Gasteiger charge is -2.20. The average Bonchev–Trinajstić information content (AvgIpc) is 3.13. The van der Waals surface area contributed by atoms with E-state index < -0.39 is 51.1 Å². The molecule has 308 valence electrons. The highest BCUT2D eigenvalue weighted by molar-refractivity contribution is 7.47. The normalized spacial score (nSPS) is 14.2. The maximum atomic E-state index is 12.6. The fourth-order valence-corrected chi connectivity index (χ4v) is 6.21. The Morgan fingerprint density at radius 3 is 1.58 bits per heavy atom. The van der Waals surface area contributed by atoms with Crippen molar-refractivity contribution in [2.45, 2.75) is 187 Å². The van der Waals surface area contributed by atoms with Crippen LogP contribution in [0.15, 0.2) is 36.5 Å². The third-order valence-electron chi connectivity index (χ3n) is 8.65. The molecule has 11 nitrogen and oxygen atoms in total. The van der Waals surface area contributed by atoms with Gasteiger partial charge in [0.15, 0.2) is 6.10 Å². The fourth-order valence-electron chi connectivity index (χ4n) is 5.43. The van der Waals surface area contributed by atoms with Crippen LogP contribution in [-0.4, -0.2) is 59.9 Å². The Bertz CT molecular complexity index is 1050. The summed E-state index contributed by atoms with van der Waals surface area (Å²) in [7, 11) is -4.71. The number of nitrogens with two attached hydrogens (primary N) is 1. The first kappa shape index (κ1) is 50.7. The minimum atomic E-state index is -4.71. The Balaban J connectivity index is 4.41. The van der Waals surface area contributed by atoms with E-state index in [9.17, 15) is 23.8 Å². The summed E-state index contributed by atoms with van der Waals surface area (Å²) in [6.45, 7) is 2.67. The molecule has 3 atom stereocenters. The highest BCUT2D eigenvalue weighted by Gasteiger charge is 2.28. The standard InChI is InChI=1S/C41H74NO10P/c1-3-5-7-9-11-13-15-17-19-21-22-24-26-28-30-32-39(43)49-34-37(35-50-53(47,48)51-36-38(42)41(45)46)52-40(44)33-31-29-27-25-23-20-18-16-14-12-10-8-6-4-2/h5,7,11,13,17,19,37-38H,3-4,6,8-10,12,14-16,18,20-36,42H2,1-2H3,(H,45,46)(H,47,48)/b7-5+,13-11+,19-17+/t37-,38+/m1/s1. The SMILES string of the molecule is CC/C=C/C/C=C/C/C=C/CCCCCCCC(=O)OC[C@H](COP(=O)(O)OC[C@H](N)C(=O)O)OC(=O)CCCCCCCCCCCCCCCC. The van der Waals surface area contributed by atoms with Crippen molar-refractivity contribution >= 4 is 25.7 Å². The number of phosphoric acid groups is 1. The molecule has 53 heavy (non-hydrogen) atoms. The first-order chi connectivity index (χ1) is 25.6. The maximum Gasteiger partial charge on any atom is 0.472 e. The van der Waals surface area contributed by atoms with Crippen molar-refractivity contribution in [3.8, 4) is 0 Å². The first-order valence-corrected chi connectivity index (χ1v) is 22.0. The van der Waals surface area contributed by atoms with Crippen molar-refractivity contribution < 1.29 is 47.5 Å². The molecule has 0 spiro atoms. The van der Waals surface area contributed by atoms with E-state index in [2.05, 4.69) is 54.8 Å². The molecule has 0 saturated heterocycles. The van der Waals surface area contributed by atoms with Crippen molar-refractivity contribution in [1.82, 2.24) is 0 Å². The second-order valence-corrected chi connectivity index (χ2v) is 15.2. The predicted molar refractivity (Wildman–Crippen MR) is 212 cm³/mol. The molecule has 0 fully saturated rings.